The molecule has 0 bridgehead atoms. The fourth-order valence-electron chi connectivity index (χ4n) is 2.56. The molecule has 100 valence electrons. The molecule has 1 aliphatic rings. The quantitative estimate of drug-likeness (QED) is 0.842. The highest BCUT2D eigenvalue weighted by Crippen LogP contribution is 2.25. The molecule has 2 aromatic heterocycles. The molecule has 2 aromatic rings. The molecule has 1 aliphatic heterocycles. The maximum atomic E-state index is 4.71. The summed E-state index contributed by atoms with van der Waals surface area (Å²) >= 11 is 1.89. The first-order valence-corrected chi connectivity index (χ1v) is 7.60. The predicted molar refractivity (Wildman–Crippen MR) is 78.4 cm³/mol. The van der Waals surface area contributed by atoms with Crippen molar-refractivity contribution in [3.63, 3.8) is 0 Å². The van der Waals surface area contributed by atoms with E-state index >= 15 is 0 Å². The predicted octanol–water partition coefficient (Wildman–Crippen LogP) is 3.02. The van der Waals surface area contributed by atoms with Gasteiger partial charge < -0.3 is 0 Å². The molecule has 4 heteroatoms. The Kier molecular flexibility index (Phi) is 3.37. The second-order valence-corrected chi connectivity index (χ2v) is 6.26. The van der Waals surface area contributed by atoms with Crippen LogP contribution in [0.4, 0.5) is 0 Å². The maximum Gasteiger partial charge on any atom is 0.0759 e. The van der Waals surface area contributed by atoms with Gasteiger partial charge in [0.25, 0.3) is 0 Å². The van der Waals surface area contributed by atoms with Crippen LogP contribution in [0, 0.1) is 20.8 Å². The summed E-state index contributed by atoms with van der Waals surface area (Å²) in [6.07, 6.45) is 1.17. The number of rotatable bonds is 2. The van der Waals surface area contributed by atoms with E-state index in [1.165, 1.54) is 12.0 Å². The summed E-state index contributed by atoms with van der Waals surface area (Å²) in [5, 5.41) is 2.20. The number of aryl methyl sites for hydroxylation is 3. The van der Waals surface area contributed by atoms with Crippen LogP contribution in [-0.2, 0) is 19.5 Å². The normalized spacial score (nSPS) is 15.5. The van der Waals surface area contributed by atoms with Crippen LogP contribution < -0.4 is 0 Å². The van der Waals surface area contributed by atoms with Crippen LogP contribution in [0.3, 0.4) is 0 Å². The van der Waals surface area contributed by atoms with Crippen LogP contribution in [0.5, 0.6) is 0 Å². The van der Waals surface area contributed by atoms with E-state index in [9.17, 15) is 0 Å². The highest BCUT2D eigenvalue weighted by atomic mass is 32.1. The van der Waals surface area contributed by atoms with Gasteiger partial charge in [-0.3, -0.25) is 14.9 Å². The van der Waals surface area contributed by atoms with E-state index < -0.39 is 0 Å². The first-order valence-electron chi connectivity index (χ1n) is 6.72. The topological polar surface area (TPSA) is 29.0 Å². The van der Waals surface area contributed by atoms with Gasteiger partial charge in [0.1, 0.15) is 0 Å². The summed E-state index contributed by atoms with van der Waals surface area (Å²) in [7, 11) is 0. The third-order valence-electron chi connectivity index (χ3n) is 3.84. The smallest absolute Gasteiger partial charge is 0.0759 e. The Hall–Kier alpha value is -1.26. The standard InChI is InChI=1S/C15H19N3S/c1-10-11(2)17-14(12(3)16-10)9-18-6-4-15-13(8-18)5-7-19-15/h5,7H,4,6,8-9H2,1-3H3. The maximum absolute atomic E-state index is 4.71. The van der Waals surface area contributed by atoms with Gasteiger partial charge in [-0.2, -0.15) is 0 Å². The van der Waals surface area contributed by atoms with E-state index in [0.29, 0.717) is 0 Å². The molecule has 3 nitrogen and oxygen atoms in total. The van der Waals surface area contributed by atoms with Gasteiger partial charge in [-0.15, -0.1) is 11.3 Å². The lowest BCUT2D eigenvalue weighted by Crippen LogP contribution is -2.30. The fourth-order valence-corrected chi connectivity index (χ4v) is 3.45. The first kappa shape index (κ1) is 12.8. The van der Waals surface area contributed by atoms with Crippen molar-refractivity contribution >= 4 is 11.3 Å². The summed E-state index contributed by atoms with van der Waals surface area (Å²) in [6, 6.07) is 2.26. The number of hydrogen-bond acceptors (Lipinski definition) is 4. The number of fused-ring (bicyclic) bond motifs is 1. The summed E-state index contributed by atoms with van der Waals surface area (Å²) in [5.41, 5.74) is 5.78. The molecule has 0 fully saturated rings. The lowest BCUT2D eigenvalue weighted by atomic mass is 10.1. The van der Waals surface area contributed by atoms with Crippen molar-refractivity contribution in [1.29, 1.82) is 0 Å². The van der Waals surface area contributed by atoms with Crippen LogP contribution in [0.25, 0.3) is 0 Å². The number of hydrogen-bond donors (Lipinski definition) is 0. The van der Waals surface area contributed by atoms with Crippen molar-refractivity contribution in [2.45, 2.75) is 40.3 Å². The van der Waals surface area contributed by atoms with Crippen molar-refractivity contribution in [2.24, 2.45) is 0 Å². The van der Waals surface area contributed by atoms with E-state index in [-0.39, 0.29) is 0 Å². The van der Waals surface area contributed by atoms with Gasteiger partial charge >= 0.3 is 0 Å². The molecule has 0 unspecified atom stereocenters. The minimum absolute atomic E-state index is 0.912. The summed E-state index contributed by atoms with van der Waals surface area (Å²) in [4.78, 5) is 13.3. The average Bonchev–Trinajstić information content (AvgIpc) is 2.83. The lowest BCUT2D eigenvalue weighted by Gasteiger charge is -2.27. The second-order valence-electron chi connectivity index (χ2n) is 5.26. The minimum atomic E-state index is 0.912. The van der Waals surface area contributed by atoms with Gasteiger partial charge in [0.05, 0.1) is 22.8 Å². The molecule has 3 rings (SSSR count). The zero-order chi connectivity index (χ0) is 13.4. The van der Waals surface area contributed by atoms with Crippen LogP contribution >= 0.6 is 11.3 Å². The van der Waals surface area contributed by atoms with Gasteiger partial charge in [-0.25, -0.2) is 0 Å². The van der Waals surface area contributed by atoms with Crippen LogP contribution in [0.1, 0.15) is 33.2 Å². The largest absolute Gasteiger partial charge is 0.293 e. The second kappa shape index (κ2) is 5.02. The average molecular weight is 273 g/mol. The molecule has 0 aromatic carbocycles. The number of aromatic nitrogens is 2. The Labute approximate surface area is 118 Å². The first-order chi connectivity index (χ1) is 9.13. The van der Waals surface area contributed by atoms with Gasteiger partial charge in [0.15, 0.2) is 0 Å². The Morgan fingerprint density at radius 2 is 1.95 bits per heavy atom. The third-order valence-corrected chi connectivity index (χ3v) is 4.86. The third kappa shape index (κ3) is 2.55. The highest BCUT2D eigenvalue weighted by molar-refractivity contribution is 7.10. The summed E-state index contributed by atoms with van der Waals surface area (Å²) in [5.74, 6) is 0. The SMILES string of the molecule is Cc1nc(C)c(CN2CCc3sccc3C2)nc1C. The summed E-state index contributed by atoms with van der Waals surface area (Å²) < 4.78 is 0. The van der Waals surface area contributed by atoms with Crippen molar-refractivity contribution in [3.8, 4) is 0 Å². The van der Waals surface area contributed by atoms with Gasteiger partial charge in [-0.1, -0.05) is 0 Å². The molecule has 0 saturated heterocycles. The van der Waals surface area contributed by atoms with Crippen LogP contribution in [0.15, 0.2) is 11.4 Å². The molecule has 0 atom stereocenters. The zero-order valence-electron chi connectivity index (χ0n) is 11.7. The van der Waals surface area contributed by atoms with E-state index in [1.54, 1.807) is 4.88 Å². The molecule has 3 heterocycles. The lowest BCUT2D eigenvalue weighted by molar-refractivity contribution is 0.243. The summed E-state index contributed by atoms with van der Waals surface area (Å²) in [6.45, 7) is 9.22. The van der Waals surface area contributed by atoms with Gasteiger partial charge in [0, 0.05) is 24.5 Å². The Bertz CT molecular complexity index is 603. The van der Waals surface area contributed by atoms with E-state index in [4.69, 9.17) is 4.98 Å². The molecular weight excluding hydrogens is 254 g/mol. The minimum Gasteiger partial charge on any atom is -0.293 e. The zero-order valence-corrected chi connectivity index (χ0v) is 12.5. The monoisotopic (exact) mass is 273 g/mol. The fraction of sp³-hybridized carbons (Fsp3) is 0.467. The van der Waals surface area contributed by atoms with E-state index in [0.717, 1.165) is 42.4 Å². The molecule has 0 N–H and O–H groups in total. The van der Waals surface area contributed by atoms with Crippen LogP contribution in [-0.4, -0.2) is 21.4 Å². The van der Waals surface area contributed by atoms with Crippen molar-refractivity contribution in [1.82, 2.24) is 14.9 Å². The van der Waals surface area contributed by atoms with Gasteiger partial charge in [0.2, 0.25) is 0 Å². The Morgan fingerprint density at radius 1 is 1.16 bits per heavy atom. The molecule has 19 heavy (non-hydrogen) atoms. The highest BCUT2D eigenvalue weighted by Gasteiger charge is 2.18. The molecule has 0 spiro atoms. The molecule has 0 amide bonds. The van der Waals surface area contributed by atoms with Gasteiger partial charge in [-0.05, 0) is 44.2 Å². The number of nitrogens with zero attached hydrogens (tertiary/aromatic N) is 3. The van der Waals surface area contributed by atoms with Crippen molar-refractivity contribution in [2.75, 3.05) is 6.54 Å². The van der Waals surface area contributed by atoms with Crippen LogP contribution in [0.2, 0.25) is 0 Å². The Morgan fingerprint density at radius 3 is 2.79 bits per heavy atom. The molecule has 0 radical (unpaired) electrons. The molecular formula is C15H19N3S. The Balaban J connectivity index is 1.78. The van der Waals surface area contributed by atoms with E-state index in [2.05, 4.69) is 28.3 Å². The number of thiophene rings is 1. The molecule has 0 aliphatic carbocycles. The van der Waals surface area contributed by atoms with E-state index in [1.807, 2.05) is 25.2 Å². The molecule has 0 saturated carbocycles. The van der Waals surface area contributed by atoms with Crippen molar-refractivity contribution in [3.05, 3.63) is 44.7 Å². The van der Waals surface area contributed by atoms with Crippen molar-refractivity contribution < 1.29 is 0 Å².